The van der Waals surface area contributed by atoms with Gasteiger partial charge in [0.05, 0.1) is 19.0 Å². The molecular weight excluding hydrogens is 276 g/mol. The Morgan fingerprint density at radius 3 is 2.86 bits per heavy atom. The van der Waals surface area contributed by atoms with Crippen LogP contribution in [0.2, 0.25) is 0 Å². The summed E-state index contributed by atoms with van der Waals surface area (Å²) in [6, 6.07) is 0. The van der Waals surface area contributed by atoms with Gasteiger partial charge in [0, 0.05) is 5.92 Å². The highest BCUT2D eigenvalue weighted by Crippen LogP contribution is 2.42. The Kier molecular flexibility index (Phi) is 3.16. The van der Waals surface area contributed by atoms with E-state index in [0.29, 0.717) is 5.65 Å². The van der Waals surface area contributed by atoms with E-state index in [1.165, 1.54) is 18.7 Å². The van der Waals surface area contributed by atoms with Gasteiger partial charge in [-0.3, -0.25) is 4.57 Å². The van der Waals surface area contributed by atoms with Crippen molar-refractivity contribution in [2.75, 3.05) is 6.61 Å². The van der Waals surface area contributed by atoms with Gasteiger partial charge in [0.25, 0.3) is 0 Å². The first-order chi connectivity index (χ1) is 10.0. The number of ether oxygens (including phenoxy) is 1. The maximum Gasteiger partial charge on any atom is 0.242 e. The Hall–Kier alpha value is -2.03. The number of aliphatic hydroxyl groups excluding tert-OH is 2. The van der Waals surface area contributed by atoms with Gasteiger partial charge in [0.2, 0.25) is 5.88 Å². The van der Waals surface area contributed by atoms with Crippen LogP contribution in [0.4, 0.5) is 0 Å². The van der Waals surface area contributed by atoms with E-state index in [0.717, 1.165) is 0 Å². The number of nitrogens with zero attached hydrogens (tertiary/aromatic N) is 4. The molecule has 1 aliphatic heterocycles. The highest BCUT2D eigenvalue weighted by atomic mass is 16.6. The standard InChI is InChI=1S/C13H16N4O4/c1-3-13(4-18)9(19)7(2)12(21-13)17-6-16-8-10(17)14-5-15-11(8)20/h3,5-7,9,12,18-19H,1,4H2,2H3,(H,14,15,20)/t7-,9-,12+,13+/m0/s1. The highest BCUT2D eigenvalue weighted by Gasteiger charge is 2.51. The van der Waals surface area contributed by atoms with E-state index in [9.17, 15) is 15.3 Å². The third-order valence-corrected chi connectivity index (χ3v) is 3.99. The molecule has 3 heterocycles. The number of fused-ring (bicyclic) bond motifs is 1. The first kappa shape index (κ1) is 13.9. The molecule has 0 spiro atoms. The molecule has 2 aromatic heterocycles. The van der Waals surface area contributed by atoms with Crippen molar-refractivity contribution in [1.82, 2.24) is 19.5 Å². The number of aromatic hydroxyl groups is 1. The average Bonchev–Trinajstić information content (AvgIpc) is 3.02. The lowest BCUT2D eigenvalue weighted by molar-refractivity contribution is -0.0957. The van der Waals surface area contributed by atoms with Crippen molar-refractivity contribution in [3.8, 4) is 5.88 Å². The number of hydrogen-bond donors (Lipinski definition) is 3. The molecule has 112 valence electrons. The lowest BCUT2D eigenvalue weighted by atomic mass is 9.91. The molecule has 4 atom stereocenters. The van der Waals surface area contributed by atoms with Crippen molar-refractivity contribution in [2.45, 2.75) is 24.9 Å². The molecule has 0 unspecified atom stereocenters. The molecular formula is C13H16N4O4. The normalized spacial score (nSPS) is 32.6. The largest absolute Gasteiger partial charge is 0.492 e. The molecule has 0 bridgehead atoms. The van der Waals surface area contributed by atoms with Gasteiger partial charge in [-0.15, -0.1) is 6.58 Å². The van der Waals surface area contributed by atoms with Crippen molar-refractivity contribution < 1.29 is 20.1 Å². The number of aliphatic hydroxyl groups is 2. The van der Waals surface area contributed by atoms with Crippen molar-refractivity contribution in [2.24, 2.45) is 5.92 Å². The van der Waals surface area contributed by atoms with Gasteiger partial charge in [-0.05, 0) is 0 Å². The summed E-state index contributed by atoms with van der Waals surface area (Å²) in [5.41, 5.74) is -0.581. The van der Waals surface area contributed by atoms with Gasteiger partial charge in [0.1, 0.15) is 18.2 Å². The van der Waals surface area contributed by atoms with E-state index in [2.05, 4.69) is 21.5 Å². The third-order valence-electron chi connectivity index (χ3n) is 3.99. The smallest absolute Gasteiger partial charge is 0.242 e. The van der Waals surface area contributed by atoms with Crippen molar-refractivity contribution in [3.05, 3.63) is 25.3 Å². The zero-order valence-corrected chi connectivity index (χ0v) is 11.4. The molecule has 2 aromatic rings. The monoisotopic (exact) mass is 292 g/mol. The SMILES string of the molecule is C=C[C@]1(CO)O[C@@H](n2cnc3c(O)ncnc32)[C@@H](C)[C@@H]1O. The van der Waals surface area contributed by atoms with E-state index in [1.54, 1.807) is 11.5 Å². The van der Waals surface area contributed by atoms with Gasteiger partial charge in [-0.1, -0.05) is 13.0 Å². The van der Waals surface area contributed by atoms with E-state index < -0.39 is 17.9 Å². The first-order valence-corrected chi connectivity index (χ1v) is 6.51. The lowest BCUT2D eigenvalue weighted by Gasteiger charge is -2.26. The summed E-state index contributed by atoms with van der Waals surface area (Å²) < 4.78 is 7.43. The zero-order chi connectivity index (χ0) is 15.2. The number of rotatable bonds is 3. The third kappa shape index (κ3) is 1.84. The molecule has 0 radical (unpaired) electrons. The van der Waals surface area contributed by atoms with E-state index in [4.69, 9.17) is 4.74 Å². The molecule has 0 saturated carbocycles. The lowest BCUT2D eigenvalue weighted by Crippen LogP contribution is -2.42. The maximum absolute atomic E-state index is 10.3. The summed E-state index contributed by atoms with van der Waals surface area (Å²) in [5.74, 6) is -0.549. The number of aromatic nitrogens is 4. The summed E-state index contributed by atoms with van der Waals surface area (Å²) in [7, 11) is 0. The van der Waals surface area contributed by atoms with Gasteiger partial charge >= 0.3 is 0 Å². The number of hydrogen-bond acceptors (Lipinski definition) is 7. The summed E-state index contributed by atoms with van der Waals surface area (Å²) in [6.07, 6.45) is 2.57. The molecule has 0 amide bonds. The van der Waals surface area contributed by atoms with Crippen LogP contribution in [-0.2, 0) is 4.74 Å². The predicted octanol–water partition coefficient (Wildman–Crippen LogP) is -0.0252. The minimum atomic E-state index is -1.23. The second-order valence-corrected chi connectivity index (χ2v) is 5.15. The summed E-state index contributed by atoms with van der Waals surface area (Å²) in [5, 5.41) is 29.5. The minimum absolute atomic E-state index is 0.220. The second-order valence-electron chi connectivity index (χ2n) is 5.15. The van der Waals surface area contributed by atoms with Crippen LogP contribution in [-0.4, -0.2) is 53.2 Å². The topological polar surface area (TPSA) is 114 Å². The fourth-order valence-electron chi connectivity index (χ4n) is 2.70. The van der Waals surface area contributed by atoms with E-state index in [-0.39, 0.29) is 23.9 Å². The highest BCUT2D eigenvalue weighted by molar-refractivity contribution is 5.75. The molecule has 8 heteroatoms. The van der Waals surface area contributed by atoms with Crippen LogP contribution in [0.1, 0.15) is 13.2 Å². The van der Waals surface area contributed by atoms with Crippen LogP contribution in [0, 0.1) is 5.92 Å². The van der Waals surface area contributed by atoms with Crippen LogP contribution in [0.5, 0.6) is 5.88 Å². The zero-order valence-electron chi connectivity index (χ0n) is 11.4. The minimum Gasteiger partial charge on any atom is -0.492 e. The van der Waals surface area contributed by atoms with Crippen LogP contribution in [0.3, 0.4) is 0 Å². The van der Waals surface area contributed by atoms with Crippen LogP contribution in [0.15, 0.2) is 25.3 Å². The van der Waals surface area contributed by atoms with E-state index in [1.807, 2.05) is 0 Å². The summed E-state index contributed by atoms with van der Waals surface area (Å²) >= 11 is 0. The van der Waals surface area contributed by atoms with Crippen molar-refractivity contribution in [3.63, 3.8) is 0 Å². The molecule has 8 nitrogen and oxygen atoms in total. The molecule has 3 N–H and O–H groups in total. The van der Waals surface area contributed by atoms with Crippen molar-refractivity contribution in [1.29, 1.82) is 0 Å². The Balaban J connectivity index is 2.08. The number of imidazole rings is 1. The van der Waals surface area contributed by atoms with Gasteiger partial charge in [-0.2, -0.15) is 4.98 Å². The molecule has 0 aliphatic carbocycles. The van der Waals surface area contributed by atoms with E-state index >= 15 is 0 Å². The quantitative estimate of drug-likeness (QED) is 0.681. The van der Waals surface area contributed by atoms with Crippen molar-refractivity contribution >= 4 is 11.2 Å². The molecule has 0 aromatic carbocycles. The maximum atomic E-state index is 10.3. The fraction of sp³-hybridized carbons (Fsp3) is 0.462. The second kappa shape index (κ2) is 4.76. The molecule has 1 fully saturated rings. The van der Waals surface area contributed by atoms with Gasteiger partial charge < -0.3 is 20.1 Å². The first-order valence-electron chi connectivity index (χ1n) is 6.51. The van der Waals surface area contributed by atoms with Crippen LogP contribution in [0.25, 0.3) is 11.2 Å². The Labute approximate surface area is 120 Å². The van der Waals surface area contributed by atoms with Crippen LogP contribution < -0.4 is 0 Å². The predicted molar refractivity (Wildman–Crippen MR) is 72.3 cm³/mol. The van der Waals surface area contributed by atoms with Crippen LogP contribution >= 0.6 is 0 Å². The Morgan fingerprint density at radius 1 is 1.48 bits per heavy atom. The molecule has 21 heavy (non-hydrogen) atoms. The summed E-state index contributed by atoms with van der Waals surface area (Å²) in [6.45, 7) is 5.04. The molecule has 1 saturated heterocycles. The fourth-order valence-corrected chi connectivity index (χ4v) is 2.70. The Bertz CT molecular complexity index is 688. The summed E-state index contributed by atoms with van der Waals surface area (Å²) in [4.78, 5) is 11.8. The van der Waals surface area contributed by atoms with Gasteiger partial charge in [0.15, 0.2) is 11.2 Å². The molecule has 3 rings (SSSR count). The van der Waals surface area contributed by atoms with Gasteiger partial charge in [-0.25, -0.2) is 9.97 Å². The Morgan fingerprint density at radius 2 is 2.24 bits per heavy atom. The average molecular weight is 292 g/mol. The molecule has 1 aliphatic rings.